The first-order chi connectivity index (χ1) is 8.59. The molecule has 0 saturated carbocycles. The van der Waals surface area contributed by atoms with Crippen molar-refractivity contribution in [1.82, 2.24) is 10.3 Å². The van der Waals surface area contributed by atoms with Gasteiger partial charge in [0.25, 0.3) is 5.91 Å². The second kappa shape index (κ2) is 5.58. The van der Waals surface area contributed by atoms with E-state index in [0.717, 1.165) is 5.01 Å². The minimum Gasteiger partial charge on any atom is -0.343 e. The number of nitrogens with zero attached hydrogens (tertiary/aromatic N) is 1. The lowest BCUT2D eigenvalue weighted by atomic mass is 10.2. The van der Waals surface area contributed by atoms with E-state index >= 15 is 0 Å². The van der Waals surface area contributed by atoms with Crippen molar-refractivity contribution < 1.29 is 9.18 Å². The third-order valence-electron chi connectivity index (χ3n) is 2.36. The van der Waals surface area contributed by atoms with Crippen LogP contribution in [-0.2, 0) is 0 Å². The Kier molecular flexibility index (Phi) is 4.08. The van der Waals surface area contributed by atoms with Crippen molar-refractivity contribution in [2.75, 3.05) is 0 Å². The summed E-state index contributed by atoms with van der Waals surface area (Å²) in [6.45, 7) is 1.81. The van der Waals surface area contributed by atoms with Crippen molar-refractivity contribution in [3.05, 3.63) is 50.6 Å². The van der Waals surface area contributed by atoms with Crippen molar-refractivity contribution in [2.45, 2.75) is 13.0 Å². The minimum absolute atomic E-state index is 0.0147. The lowest BCUT2D eigenvalue weighted by Gasteiger charge is -2.12. The summed E-state index contributed by atoms with van der Waals surface area (Å²) in [6.07, 6.45) is 1.67. The molecule has 0 aliphatic carbocycles. The first-order valence-electron chi connectivity index (χ1n) is 5.24. The number of amides is 1. The summed E-state index contributed by atoms with van der Waals surface area (Å²) in [6, 6.07) is 4.18. The Hall–Kier alpha value is -1.27. The number of rotatable bonds is 3. The molecule has 0 fully saturated rings. The molecule has 0 bridgehead atoms. The highest BCUT2D eigenvalue weighted by Gasteiger charge is 2.18. The summed E-state index contributed by atoms with van der Waals surface area (Å²) < 4.78 is 14.0. The molecule has 2 rings (SSSR count). The third kappa shape index (κ3) is 2.76. The molecule has 1 aromatic carbocycles. The summed E-state index contributed by atoms with van der Waals surface area (Å²) in [7, 11) is 0. The average Bonchev–Trinajstić information content (AvgIpc) is 2.81. The molecule has 2 aromatic rings. The Bertz CT molecular complexity index is 539. The molecule has 0 saturated heterocycles. The van der Waals surface area contributed by atoms with Gasteiger partial charge in [0.15, 0.2) is 0 Å². The second-order valence-corrected chi connectivity index (χ2v) is 5.44. The van der Waals surface area contributed by atoms with Gasteiger partial charge in [0.1, 0.15) is 10.8 Å². The number of aromatic nitrogens is 1. The smallest absolute Gasteiger partial charge is 0.255 e. The highest BCUT2D eigenvalue weighted by atomic mass is 79.9. The first-order valence-corrected chi connectivity index (χ1v) is 6.91. The maximum Gasteiger partial charge on any atom is 0.255 e. The van der Waals surface area contributed by atoms with E-state index in [-0.39, 0.29) is 11.6 Å². The van der Waals surface area contributed by atoms with Gasteiger partial charge in [-0.3, -0.25) is 4.79 Å². The van der Waals surface area contributed by atoms with E-state index in [1.165, 1.54) is 17.4 Å². The molecular formula is C12H10BrFN2OS. The zero-order chi connectivity index (χ0) is 13.1. The van der Waals surface area contributed by atoms with Crippen LogP contribution < -0.4 is 5.32 Å². The zero-order valence-electron chi connectivity index (χ0n) is 9.48. The quantitative estimate of drug-likeness (QED) is 0.936. The average molecular weight is 329 g/mol. The Morgan fingerprint density at radius 2 is 2.33 bits per heavy atom. The van der Waals surface area contributed by atoms with Crippen molar-refractivity contribution >= 4 is 33.2 Å². The van der Waals surface area contributed by atoms with Gasteiger partial charge >= 0.3 is 0 Å². The number of benzene rings is 1. The Morgan fingerprint density at radius 3 is 2.94 bits per heavy atom. The largest absolute Gasteiger partial charge is 0.343 e. The zero-order valence-corrected chi connectivity index (χ0v) is 11.9. The van der Waals surface area contributed by atoms with Crippen LogP contribution in [0.15, 0.2) is 34.2 Å². The normalized spacial score (nSPS) is 12.2. The van der Waals surface area contributed by atoms with Gasteiger partial charge in [-0.1, -0.05) is 6.07 Å². The van der Waals surface area contributed by atoms with Crippen molar-refractivity contribution in [1.29, 1.82) is 0 Å². The Balaban J connectivity index is 2.18. The van der Waals surface area contributed by atoms with Crippen LogP contribution in [0.2, 0.25) is 0 Å². The van der Waals surface area contributed by atoms with Crippen LogP contribution in [0.5, 0.6) is 0 Å². The van der Waals surface area contributed by atoms with Gasteiger partial charge in [0.2, 0.25) is 0 Å². The van der Waals surface area contributed by atoms with Crippen LogP contribution in [0.1, 0.15) is 28.3 Å². The fraction of sp³-hybridized carbons (Fsp3) is 0.167. The van der Waals surface area contributed by atoms with Gasteiger partial charge in [-0.2, -0.15) is 0 Å². The highest BCUT2D eigenvalue weighted by molar-refractivity contribution is 9.10. The predicted octanol–water partition coefficient (Wildman–Crippen LogP) is 3.54. The molecule has 0 aliphatic rings. The molecule has 1 N–H and O–H groups in total. The molecule has 0 aliphatic heterocycles. The molecule has 1 amide bonds. The van der Waals surface area contributed by atoms with Crippen LogP contribution in [0.25, 0.3) is 0 Å². The van der Waals surface area contributed by atoms with Gasteiger partial charge in [-0.25, -0.2) is 9.37 Å². The molecule has 6 heteroatoms. The summed E-state index contributed by atoms with van der Waals surface area (Å²) in [4.78, 5) is 16.1. The van der Waals surface area contributed by atoms with Gasteiger partial charge in [-0.15, -0.1) is 11.3 Å². The summed E-state index contributed by atoms with van der Waals surface area (Å²) in [5.74, 6) is -1.00. The van der Waals surface area contributed by atoms with E-state index in [1.54, 1.807) is 18.3 Å². The van der Waals surface area contributed by atoms with E-state index in [9.17, 15) is 9.18 Å². The van der Waals surface area contributed by atoms with E-state index in [1.807, 2.05) is 12.3 Å². The lowest BCUT2D eigenvalue weighted by molar-refractivity contribution is 0.0935. The van der Waals surface area contributed by atoms with Gasteiger partial charge < -0.3 is 5.32 Å². The maximum atomic E-state index is 13.6. The maximum absolute atomic E-state index is 13.6. The van der Waals surface area contributed by atoms with Crippen LogP contribution >= 0.6 is 27.3 Å². The van der Waals surface area contributed by atoms with Crippen molar-refractivity contribution in [3.63, 3.8) is 0 Å². The number of nitrogens with one attached hydrogen (secondary N) is 1. The summed E-state index contributed by atoms with van der Waals surface area (Å²) in [5.41, 5.74) is 0.0147. The fourth-order valence-electron chi connectivity index (χ4n) is 1.49. The number of hydrogen-bond donors (Lipinski definition) is 1. The molecule has 94 valence electrons. The molecule has 0 spiro atoms. The van der Waals surface area contributed by atoms with Crippen LogP contribution in [0, 0.1) is 5.82 Å². The monoisotopic (exact) mass is 328 g/mol. The lowest BCUT2D eigenvalue weighted by Crippen LogP contribution is -2.27. The fourth-order valence-corrected chi connectivity index (χ4v) is 2.66. The van der Waals surface area contributed by atoms with Crippen molar-refractivity contribution in [3.8, 4) is 0 Å². The Labute approximate surface area is 116 Å². The molecule has 1 aromatic heterocycles. The van der Waals surface area contributed by atoms with Crippen molar-refractivity contribution in [2.24, 2.45) is 0 Å². The van der Waals surface area contributed by atoms with E-state index in [2.05, 4.69) is 26.2 Å². The molecular weight excluding hydrogens is 319 g/mol. The second-order valence-electron chi connectivity index (χ2n) is 3.66. The number of thiazole rings is 1. The number of carbonyl (C=O) groups is 1. The summed E-state index contributed by atoms with van der Waals surface area (Å²) in [5, 5.41) is 5.34. The van der Waals surface area contributed by atoms with E-state index in [4.69, 9.17) is 0 Å². The van der Waals surface area contributed by atoms with Crippen LogP contribution in [0.4, 0.5) is 4.39 Å². The van der Waals surface area contributed by atoms with Gasteiger partial charge in [0, 0.05) is 16.0 Å². The molecule has 18 heavy (non-hydrogen) atoms. The van der Waals surface area contributed by atoms with Gasteiger partial charge in [-0.05, 0) is 35.0 Å². The van der Waals surface area contributed by atoms with Crippen LogP contribution in [0.3, 0.4) is 0 Å². The minimum atomic E-state index is -0.548. The first kappa shape index (κ1) is 13.2. The number of hydrogen-bond acceptors (Lipinski definition) is 3. The number of halogens is 2. The van der Waals surface area contributed by atoms with Gasteiger partial charge in [0.05, 0.1) is 11.6 Å². The molecule has 3 nitrogen and oxygen atoms in total. The molecule has 1 heterocycles. The predicted molar refractivity (Wildman–Crippen MR) is 72.1 cm³/mol. The van der Waals surface area contributed by atoms with E-state index < -0.39 is 11.7 Å². The molecule has 1 atom stereocenters. The number of carbonyl (C=O) groups excluding carboxylic acids is 1. The highest BCUT2D eigenvalue weighted by Crippen LogP contribution is 2.21. The summed E-state index contributed by atoms with van der Waals surface area (Å²) >= 11 is 4.62. The SMILES string of the molecule is C[C@@H](NC(=O)c1c(F)cccc1Br)c1nccs1. The molecule has 0 radical (unpaired) electrons. The van der Waals surface area contributed by atoms with Crippen LogP contribution in [-0.4, -0.2) is 10.9 Å². The Morgan fingerprint density at radius 1 is 1.56 bits per heavy atom. The topological polar surface area (TPSA) is 42.0 Å². The molecule has 0 unspecified atom stereocenters. The standard InChI is InChI=1S/C12H10BrFN2OS/c1-7(12-15-5-6-18-12)16-11(17)10-8(13)3-2-4-9(10)14/h2-7H,1H3,(H,16,17)/t7-/m1/s1. The third-order valence-corrected chi connectivity index (χ3v) is 3.98. The van der Waals surface area contributed by atoms with E-state index in [0.29, 0.717) is 4.47 Å².